The summed E-state index contributed by atoms with van der Waals surface area (Å²) >= 11 is 0. The first-order chi connectivity index (χ1) is 13.2. The highest BCUT2D eigenvalue weighted by Gasteiger charge is 2.22. The molecule has 2 aromatic heterocycles. The molecule has 3 aromatic rings. The lowest BCUT2D eigenvalue weighted by Gasteiger charge is -2.19. The Morgan fingerprint density at radius 2 is 1.89 bits per heavy atom. The zero-order valence-electron chi connectivity index (χ0n) is 14.8. The van der Waals surface area contributed by atoms with E-state index in [9.17, 15) is 9.65 Å². The number of benzene rings is 1. The summed E-state index contributed by atoms with van der Waals surface area (Å²) in [6.45, 7) is 1.95. The van der Waals surface area contributed by atoms with E-state index in [1.54, 1.807) is 24.5 Å². The number of H-pyrrole nitrogens is 1. The summed E-state index contributed by atoms with van der Waals surface area (Å²) in [5.41, 5.74) is 5.31. The molecule has 1 aliphatic rings. The van der Waals surface area contributed by atoms with Crippen molar-refractivity contribution in [1.29, 1.82) is 5.26 Å². The summed E-state index contributed by atoms with van der Waals surface area (Å²) < 4.78 is 13.0. The molecule has 4 rings (SSSR count). The molecule has 3 heterocycles. The first kappa shape index (κ1) is 17.0. The standard InChI is InChI=1S/C22H19FN4/c23-19-6-3-16(4-7-19)5-8-20-13-17(9-10-25-20)21-22(18(14-24)15-26-21)27-11-1-2-12-27/h3-10,13,15,26H,1-2,11-12H2. The van der Waals surface area contributed by atoms with Crippen molar-refractivity contribution in [3.05, 3.63) is 71.4 Å². The smallest absolute Gasteiger partial charge is 0.123 e. The molecule has 1 N–H and O–H groups in total. The maximum absolute atomic E-state index is 13.0. The molecule has 5 heteroatoms. The topological polar surface area (TPSA) is 55.7 Å². The largest absolute Gasteiger partial charge is 0.369 e. The van der Waals surface area contributed by atoms with E-state index in [1.807, 2.05) is 24.3 Å². The molecule has 0 radical (unpaired) electrons. The van der Waals surface area contributed by atoms with E-state index >= 15 is 0 Å². The third kappa shape index (κ3) is 3.61. The van der Waals surface area contributed by atoms with Gasteiger partial charge in [-0.2, -0.15) is 5.26 Å². The van der Waals surface area contributed by atoms with Gasteiger partial charge in [-0.15, -0.1) is 0 Å². The Hall–Kier alpha value is -3.39. The molecule has 0 saturated carbocycles. The van der Waals surface area contributed by atoms with E-state index in [0.29, 0.717) is 5.56 Å². The second kappa shape index (κ2) is 7.46. The van der Waals surface area contributed by atoms with Crippen LogP contribution in [0.2, 0.25) is 0 Å². The van der Waals surface area contributed by atoms with E-state index in [1.165, 1.54) is 12.1 Å². The van der Waals surface area contributed by atoms with Crippen LogP contribution in [0.15, 0.2) is 48.8 Å². The Morgan fingerprint density at radius 1 is 1.11 bits per heavy atom. The van der Waals surface area contributed by atoms with Crippen LogP contribution in [-0.4, -0.2) is 23.1 Å². The summed E-state index contributed by atoms with van der Waals surface area (Å²) in [5.74, 6) is -0.248. The zero-order valence-corrected chi connectivity index (χ0v) is 14.8. The quantitative estimate of drug-likeness (QED) is 0.725. The molecule has 0 atom stereocenters. The minimum Gasteiger partial charge on any atom is -0.369 e. The number of nitriles is 1. The molecular formula is C22H19FN4. The minimum atomic E-state index is -0.248. The number of aromatic amines is 1. The van der Waals surface area contributed by atoms with Crippen molar-refractivity contribution in [2.75, 3.05) is 18.0 Å². The number of aromatic nitrogens is 2. The number of anilines is 1. The lowest BCUT2D eigenvalue weighted by Crippen LogP contribution is -2.18. The lowest BCUT2D eigenvalue weighted by atomic mass is 10.1. The highest BCUT2D eigenvalue weighted by Crippen LogP contribution is 2.35. The fraction of sp³-hybridized carbons (Fsp3) is 0.182. The summed E-state index contributed by atoms with van der Waals surface area (Å²) in [6, 6.07) is 12.6. The predicted octanol–water partition coefficient (Wildman–Crippen LogP) is 4.86. The maximum Gasteiger partial charge on any atom is 0.123 e. The molecule has 0 spiro atoms. The van der Waals surface area contributed by atoms with Crippen LogP contribution < -0.4 is 4.90 Å². The Bertz CT molecular complexity index is 1010. The van der Waals surface area contributed by atoms with Crippen molar-refractivity contribution < 1.29 is 4.39 Å². The number of halogens is 1. The fourth-order valence-electron chi connectivity index (χ4n) is 3.44. The molecular weight excluding hydrogens is 339 g/mol. The molecule has 1 saturated heterocycles. The molecule has 4 nitrogen and oxygen atoms in total. The van der Waals surface area contributed by atoms with Gasteiger partial charge < -0.3 is 9.88 Å². The summed E-state index contributed by atoms with van der Waals surface area (Å²) in [7, 11) is 0. The number of hydrogen-bond donors (Lipinski definition) is 1. The van der Waals surface area contributed by atoms with Gasteiger partial charge >= 0.3 is 0 Å². The Morgan fingerprint density at radius 3 is 2.63 bits per heavy atom. The number of pyridine rings is 1. The van der Waals surface area contributed by atoms with Gasteiger partial charge in [0.15, 0.2) is 0 Å². The Kier molecular flexibility index (Phi) is 4.71. The monoisotopic (exact) mass is 358 g/mol. The fourth-order valence-corrected chi connectivity index (χ4v) is 3.44. The van der Waals surface area contributed by atoms with E-state index < -0.39 is 0 Å². The van der Waals surface area contributed by atoms with Crippen molar-refractivity contribution >= 4 is 17.8 Å². The molecule has 1 aliphatic heterocycles. The predicted molar refractivity (Wildman–Crippen MR) is 106 cm³/mol. The van der Waals surface area contributed by atoms with Crippen molar-refractivity contribution in [1.82, 2.24) is 9.97 Å². The number of hydrogen-bond acceptors (Lipinski definition) is 3. The van der Waals surface area contributed by atoms with Gasteiger partial charge in [-0.1, -0.05) is 18.2 Å². The van der Waals surface area contributed by atoms with Crippen LogP contribution >= 0.6 is 0 Å². The van der Waals surface area contributed by atoms with Gasteiger partial charge in [0.1, 0.15) is 11.9 Å². The SMILES string of the molecule is N#Cc1c[nH]c(-c2ccnc(C=Cc3ccc(F)cc3)c2)c1N1CCCC1. The third-order valence-corrected chi connectivity index (χ3v) is 4.78. The number of nitrogens with one attached hydrogen (secondary N) is 1. The van der Waals surface area contributed by atoms with Crippen LogP contribution in [0.25, 0.3) is 23.4 Å². The van der Waals surface area contributed by atoms with Crippen LogP contribution in [-0.2, 0) is 0 Å². The second-order valence-corrected chi connectivity index (χ2v) is 6.59. The average Bonchev–Trinajstić information content (AvgIpc) is 3.37. The van der Waals surface area contributed by atoms with Crippen molar-refractivity contribution in [2.24, 2.45) is 0 Å². The van der Waals surface area contributed by atoms with E-state index in [4.69, 9.17) is 0 Å². The molecule has 134 valence electrons. The molecule has 1 aromatic carbocycles. The van der Waals surface area contributed by atoms with Crippen LogP contribution in [0.4, 0.5) is 10.1 Å². The summed E-state index contributed by atoms with van der Waals surface area (Å²) in [6.07, 6.45) is 9.65. The van der Waals surface area contributed by atoms with Gasteiger partial charge in [0.05, 0.1) is 22.6 Å². The molecule has 27 heavy (non-hydrogen) atoms. The second-order valence-electron chi connectivity index (χ2n) is 6.59. The highest BCUT2D eigenvalue weighted by atomic mass is 19.1. The van der Waals surface area contributed by atoms with Gasteiger partial charge in [0.25, 0.3) is 0 Å². The number of nitrogens with zero attached hydrogens (tertiary/aromatic N) is 3. The molecule has 0 amide bonds. The first-order valence-electron chi connectivity index (χ1n) is 9.01. The Labute approximate surface area is 157 Å². The molecule has 0 bridgehead atoms. The van der Waals surface area contributed by atoms with Crippen molar-refractivity contribution in [3.63, 3.8) is 0 Å². The van der Waals surface area contributed by atoms with Crippen LogP contribution in [0.3, 0.4) is 0 Å². The summed E-state index contributed by atoms with van der Waals surface area (Å²) in [4.78, 5) is 9.94. The Balaban J connectivity index is 1.66. The van der Waals surface area contributed by atoms with Crippen LogP contribution in [0.1, 0.15) is 29.7 Å². The lowest BCUT2D eigenvalue weighted by molar-refractivity contribution is 0.628. The normalized spacial score (nSPS) is 14.0. The molecule has 0 aliphatic carbocycles. The van der Waals surface area contributed by atoms with Crippen molar-refractivity contribution in [2.45, 2.75) is 12.8 Å². The van der Waals surface area contributed by atoms with E-state index in [0.717, 1.165) is 54.1 Å². The summed E-state index contributed by atoms with van der Waals surface area (Å²) in [5, 5.41) is 9.48. The molecule has 1 fully saturated rings. The van der Waals surface area contributed by atoms with E-state index in [-0.39, 0.29) is 5.82 Å². The number of rotatable bonds is 4. The van der Waals surface area contributed by atoms with Crippen molar-refractivity contribution in [3.8, 4) is 17.3 Å². The molecule has 0 unspecified atom stereocenters. The first-order valence-corrected chi connectivity index (χ1v) is 9.01. The van der Waals surface area contributed by atoms with Crippen LogP contribution in [0.5, 0.6) is 0 Å². The zero-order chi connectivity index (χ0) is 18.6. The van der Waals surface area contributed by atoms with Gasteiger partial charge in [-0.3, -0.25) is 4.98 Å². The van der Waals surface area contributed by atoms with Gasteiger partial charge in [-0.05, 0) is 48.7 Å². The van der Waals surface area contributed by atoms with Crippen LogP contribution in [0, 0.1) is 17.1 Å². The van der Waals surface area contributed by atoms with E-state index in [2.05, 4.69) is 20.9 Å². The van der Waals surface area contributed by atoms with Gasteiger partial charge in [0, 0.05) is 31.0 Å². The maximum atomic E-state index is 13.0. The average molecular weight is 358 g/mol. The third-order valence-electron chi connectivity index (χ3n) is 4.78. The highest BCUT2D eigenvalue weighted by molar-refractivity contribution is 5.82. The minimum absolute atomic E-state index is 0.248. The van der Waals surface area contributed by atoms with Gasteiger partial charge in [-0.25, -0.2) is 4.39 Å². The van der Waals surface area contributed by atoms with Gasteiger partial charge in [0.2, 0.25) is 0 Å².